The maximum atomic E-state index is 13.4. The summed E-state index contributed by atoms with van der Waals surface area (Å²) in [6.45, 7) is 0. The highest BCUT2D eigenvalue weighted by atomic mass is 16.5. The maximum absolute atomic E-state index is 13.4. The van der Waals surface area contributed by atoms with Gasteiger partial charge in [0.2, 0.25) is 0 Å². The lowest BCUT2D eigenvalue weighted by Crippen LogP contribution is -2.36. The van der Waals surface area contributed by atoms with Crippen LogP contribution in [0.3, 0.4) is 0 Å². The number of methoxy groups -OCH3 is 2. The number of ether oxygens (including phenoxy) is 2. The molecule has 1 fully saturated rings. The van der Waals surface area contributed by atoms with E-state index in [1.54, 1.807) is 26.5 Å². The highest BCUT2D eigenvalue weighted by Gasteiger charge is 2.26. The van der Waals surface area contributed by atoms with Crippen LogP contribution < -0.4 is 20.5 Å². The van der Waals surface area contributed by atoms with Crippen LogP contribution in [0.4, 0.5) is 5.82 Å². The summed E-state index contributed by atoms with van der Waals surface area (Å²) in [7, 11) is 3.15. The SMILES string of the molecule is COc1cccc(/C=N/n2c(N)c(C(=O)NC3CCCCC3)c3nc4ccccc4nc32)c1OC. The molecule has 0 spiro atoms. The minimum absolute atomic E-state index is 0.131. The molecule has 3 N–H and O–H groups in total. The highest BCUT2D eigenvalue weighted by Crippen LogP contribution is 2.31. The van der Waals surface area contributed by atoms with E-state index in [0.29, 0.717) is 44.8 Å². The predicted octanol–water partition coefficient (Wildman–Crippen LogP) is 4.13. The summed E-state index contributed by atoms with van der Waals surface area (Å²) in [5.41, 5.74) is 9.71. The third kappa shape index (κ3) is 4.25. The Morgan fingerprint density at radius 1 is 1.06 bits per heavy atom. The number of nitrogens with two attached hydrogens (primary N) is 1. The molecule has 4 aromatic rings. The van der Waals surface area contributed by atoms with Gasteiger partial charge in [-0.05, 0) is 37.1 Å². The zero-order valence-corrected chi connectivity index (χ0v) is 19.8. The van der Waals surface area contributed by atoms with Crippen LogP contribution >= 0.6 is 0 Å². The van der Waals surface area contributed by atoms with E-state index in [0.717, 1.165) is 25.7 Å². The number of amides is 1. The van der Waals surface area contributed by atoms with Gasteiger partial charge in [-0.15, -0.1) is 0 Å². The number of fused-ring (bicyclic) bond motifs is 2. The zero-order chi connectivity index (χ0) is 24.4. The lowest BCUT2D eigenvalue weighted by atomic mass is 9.95. The van der Waals surface area contributed by atoms with Crippen molar-refractivity contribution < 1.29 is 14.3 Å². The van der Waals surface area contributed by atoms with E-state index in [-0.39, 0.29) is 17.8 Å². The first-order valence-corrected chi connectivity index (χ1v) is 11.7. The maximum Gasteiger partial charge on any atom is 0.257 e. The Morgan fingerprint density at radius 3 is 2.51 bits per heavy atom. The van der Waals surface area contributed by atoms with Gasteiger partial charge in [-0.2, -0.15) is 9.78 Å². The second-order valence-electron chi connectivity index (χ2n) is 8.59. The summed E-state index contributed by atoms with van der Waals surface area (Å²) >= 11 is 0. The van der Waals surface area contributed by atoms with Gasteiger partial charge in [0.05, 0.1) is 31.5 Å². The molecule has 35 heavy (non-hydrogen) atoms. The van der Waals surface area contributed by atoms with Crippen LogP contribution in [0, 0.1) is 0 Å². The fraction of sp³-hybridized carbons (Fsp3) is 0.308. The minimum atomic E-state index is -0.253. The van der Waals surface area contributed by atoms with E-state index in [9.17, 15) is 4.79 Å². The second-order valence-corrected chi connectivity index (χ2v) is 8.59. The molecule has 2 aromatic carbocycles. The third-order valence-corrected chi connectivity index (χ3v) is 6.39. The van der Waals surface area contributed by atoms with Gasteiger partial charge < -0.3 is 20.5 Å². The van der Waals surface area contributed by atoms with Crippen LogP contribution in [0.15, 0.2) is 47.6 Å². The number of aromatic nitrogens is 3. The molecule has 9 nitrogen and oxygen atoms in total. The van der Waals surface area contributed by atoms with E-state index >= 15 is 0 Å². The number of carbonyl (C=O) groups is 1. The molecule has 1 aliphatic carbocycles. The lowest BCUT2D eigenvalue weighted by molar-refractivity contribution is 0.0930. The molecule has 0 atom stereocenters. The number of hydrogen-bond acceptors (Lipinski definition) is 7. The Kier molecular flexibility index (Phi) is 6.22. The monoisotopic (exact) mass is 472 g/mol. The van der Waals surface area contributed by atoms with E-state index in [2.05, 4.69) is 10.4 Å². The van der Waals surface area contributed by atoms with Crippen molar-refractivity contribution in [2.75, 3.05) is 20.0 Å². The van der Waals surface area contributed by atoms with E-state index < -0.39 is 0 Å². The lowest BCUT2D eigenvalue weighted by Gasteiger charge is -2.22. The fourth-order valence-electron chi connectivity index (χ4n) is 4.63. The molecule has 0 saturated heterocycles. The average Bonchev–Trinajstić information content (AvgIpc) is 3.16. The Balaban J connectivity index is 1.63. The number of nitrogens with one attached hydrogen (secondary N) is 1. The molecule has 0 radical (unpaired) electrons. The third-order valence-electron chi connectivity index (χ3n) is 6.39. The topological polar surface area (TPSA) is 117 Å². The Bertz CT molecular complexity index is 1420. The van der Waals surface area contributed by atoms with Crippen molar-refractivity contribution >= 4 is 40.1 Å². The molecule has 0 bridgehead atoms. The van der Waals surface area contributed by atoms with Gasteiger partial charge in [-0.3, -0.25) is 4.79 Å². The standard InChI is InChI=1S/C26H28N6O3/c1-34-20-14-8-9-16(23(20)35-2)15-28-32-24(27)21(26(33)29-17-10-4-3-5-11-17)22-25(32)31-19-13-7-6-12-18(19)30-22/h6-9,12-15,17H,3-5,10-11,27H2,1-2H3,(H,29,33)/b28-15+. The number of hydrogen-bond donors (Lipinski definition) is 2. The Morgan fingerprint density at radius 2 is 1.80 bits per heavy atom. The van der Waals surface area contributed by atoms with Gasteiger partial charge in [-0.25, -0.2) is 9.97 Å². The second kappa shape index (κ2) is 9.61. The molecule has 1 amide bonds. The smallest absolute Gasteiger partial charge is 0.257 e. The van der Waals surface area contributed by atoms with E-state index in [1.165, 1.54) is 11.1 Å². The van der Waals surface area contributed by atoms with Crippen LogP contribution in [0.25, 0.3) is 22.2 Å². The Hall–Kier alpha value is -4.14. The van der Waals surface area contributed by atoms with Gasteiger partial charge in [0.1, 0.15) is 16.9 Å². The molecular weight excluding hydrogens is 444 g/mol. The molecule has 2 aromatic heterocycles. The molecule has 0 unspecified atom stereocenters. The van der Waals surface area contributed by atoms with E-state index in [1.807, 2.05) is 36.4 Å². The molecule has 180 valence electrons. The number of anilines is 1. The van der Waals surface area contributed by atoms with Gasteiger partial charge in [0.25, 0.3) is 5.91 Å². The molecule has 0 aliphatic heterocycles. The van der Waals surface area contributed by atoms with Gasteiger partial charge in [0.15, 0.2) is 17.1 Å². The zero-order valence-electron chi connectivity index (χ0n) is 19.8. The number of nitrogen functional groups attached to an aromatic ring is 1. The number of rotatable bonds is 6. The highest BCUT2D eigenvalue weighted by molar-refractivity contribution is 6.10. The summed E-state index contributed by atoms with van der Waals surface area (Å²) in [4.78, 5) is 22.9. The summed E-state index contributed by atoms with van der Waals surface area (Å²) in [6, 6.07) is 13.1. The van der Waals surface area contributed by atoms with Gasteiger partial charge in [-0.1, -0.05) is 37.5 Å². The molecule has 5 rings (SSSR count). The Labute approximate surface area is 202 Å². The molecule has 2 heterocycles. The number of carbonyl (C=O) groups excluding carboxylic acids is 1. The van der Waals surface area contributed by atoms with Crippen LogP contribution in [-0.4, -0.2) is 47.0 Å². The largest absolute Gasteiger partial charge is 0.493 e. The molecular formula is C26H28N6O3. The minimum Gasteiger partial charge on any atom is -0.493 e. The molecule has 1 saturated carbocycles. The van der Waals surface area contributed by atoms with Crippen molar-refractivity contribution in [3.05, 3.63) is 53.6 Å². The predicted molar refractivity (Wildman–Crippen MR) is 136 cm³/mol. The van der Waals surface area contributed by atoms with Crippen LogP contribution in [0.5, 0.6) is 11.5 Å². The molecule has 1 aliphatic rings. The van der Waals surface area contributed by atoms with E-state index in [4.69, 9.17) is 25.2 Å². The van der Waals surface area contributed by atoms with Crippen molar-refractivity contribution in [1.29, 1.82) is 0 Å². The van der Waals surface area contributed by atoms with Crippen LogP contribution in [-0.2, 0) is 0 Å². The quantitative estimate of drug-likeness (QED) is 0.408. The van der Waals surface area contributed by atoms with Crippen molar-refractivity contribution in [3.63, 3.8) is 0 Å². The van der Waals surface area contributed by atoms with Gasteiger partial charge in [0, 0.05) is 11.6 Å². The van der Waals surface area contributed by atoms with Crippen molar-refractivity contribution in [1.82, 2.24) is 20.0 Å². The van der Waals surface area contributed by atoms with Crippen molar-refractivity contribution in [2.45, 2.75) is 38.1 Å². The summed E-state index contributed by atoms with van der Waals surface area (Å²) in [5.74, 6) is 1.05. The first-order chi connectivity index (χ1) is 17.1. The summed E-state index contributed by atoms with van der Waals surface area (Å²) in [6.07, 6.45) is 6.96. The van der Waals surface area contributed by atoms with Gasteiger partial charge >= 0.3 is 0 Å². The van der Waals surface area contributed by atoms with Crippen LogP contribution in [0.1, 0.15) is 48.0 Å². The fourth-order valence-corrected chi connectivity index (χ4v) is 4.63. The first kappa shape index (κ1) is 22.6. The normalized spacial score (nSPS) is 14.6. The first-order valence-electron chi connectivity index (χ1n) is 11.7. The van der Waals surface area contributed by atoms with Crippen molar-refractivity contribution in [2.24, 2.45) is 5.10 Å². The van der Waals surface area contributed by atoms with Crippen LogP contribution in [0.2, 0.25) is 0 Å². The average molecular weight is 473 g/mol. The number of para-hydroxylation sites is 3. The van der Waals surface area contributed by atoms with Crippen molar-refractivity contribution in [3.8, 4) is 11.5 Å². The number of nitrogens with zero attached hydrogens (tertiary/aromatic N) is 4. The molecule has 9 heteroatoms. The summed E-state index contributed by atoms with van der Waals surface area (Å²) < 4.78 is 12.4. The summed E-state index contributed by atoms with van der Waals surface area (Å²) in [5, 5.41) is 7.74. The number of benzene rings is 2.